The lowest BCUT2D eigenvalue weighted by atomic mass is 9.84. The summed E-state index contributed by atoms with van der Waals surface area (Å²) >= 11 is 0. The van der Waals surface area contributed by atoms with Gasteiger partial charge >= 0.3 is 0 Å². The molecule has 6 heteroatoms. The Kier molecular flexibility index (Phi) is 6.81. The van der Waals surface area contributed by atoms with Gasteiger partial charge in [-0.3, -0.25) is 4.90 Å². The van der Waals surface area contributed by atoms with E-state index < -0.39 is 5.60 Å². The number of hydrogen-bond donors (Lipinski definition) is 1. The lowest BCUT2D eigenvalue weighted by Gasteiger charge is -2.28. The van der Waals surface area contributed by atoms with Crippen LogP contribution in [0.3, 0.4) is 0 Å². The minimum atomic E-state index is -1.52. The van der Waals surface area contributed by atoms with Crippen molar-refractivity contribution in [3.63, 3.8) is 0 Å². The van der Waals surface area contributed by atoms with Gasteiger partial charge < -0.3 is 19.0 Å². The number of furan rings is 1. The van der Waals surface area contributed by atoms with E-state index in [1.807, 2.05) is 72.8 Å². The molecule has 1 fully saturated rings. The molecule has 3 aromatic carbocycles. The van der Waals surface area contributed by atoms with Crippen molar-refractivity contribution in [3.05, 3.63) is 119 Å². The van der Waals surface area contributed by atoms with Gasteiger partial charge in [0.25, 0.3) is 0 Å². The summed E-state index contributed by atoms with van der Waals surface area (Å²) in [6.07, 6.45) is 2.17. The minimum Gasteiger partial charge on any atom is -0.497 e. The predicted molar refractivity (Wildman–Crippen MR) is 135 cm³/mol. The van der Waals surface area contributed by atoms with Gasteiger partial charge in [0.15, 0.2) is 5.60 Å². The Balaban J connectivity index is 1.47. The maximum Gasteiger partial charge on any atom is 0.173 e. The largest absolute Gasteiger partial charge is 0.497 e. The zero-order chi connectivity index (χ0) is 25.1. The predicted octanol–water partition coefficient (Wildman–Crippen LogP) is 5.88. The Morgan fingerprint density at radius 1 is 0.833 bits per heavy atom. The molecule has 5 rings (SSSR count). The summed E-state index contributed by atoms with van der Waals surface area (Å²) < 4.78 is 31.2. The highest BCUT2D eigenvalue weighted by atomic mass is 19.1. The molecule has 0 unspecified atom stereocenters. The van der Waals surface area contributed by atoms with Gasteiger partial charge in [0.1, 0.15) is 28.8 Å². The number of benzene rings is 3. The van der Waals surface area contributed by atoms with Crippen molar-refractivity contribution in [2.24, 2.45) is 0 Å². The first kappa shape index (κ1) is 24.1. The van der Waals surface area contributed by atoms with Crippen LogP contribution >= 0.6 is 0 Å². The maximum absolute atomic E-state index is 14.3. The van der Waals surface area contributed by atoms with Gasteiger partial charge in [-0.15, -0.1) is 0 Å². The molecule has 186 valence electrons. The lowest BCUT2D eigenvalue weighted by molar-refractivity contribution is 0.0948. The van der Waals surface area contributed by atoms with Gasteiger partial charge in [0, 0.05) is 18.2 Å². The molecule has 1 aliphatic rings. The summed E-state index contributed by atoms with van der Waals surface area (Å²) in [7, 11) is 3.22. The molecule has 1 saturated carbocycles. The maximum atomic E-state index is 14.3. The lowest BCUT2D eigenvalue weighted by Crippen LogP contribution is -2.28. The van der Waals surface area contributed by atoms with Gasteiger partial charge in [0.05, 0.1) is 20.8 Å². The average Bonchev–Trinajstić information content (AvgIpc) is 3.67. The van der Waals surface area contributed by atoms with E-state index in [-0.39, 0.29) is 5.82 Å². The highest BCUT2D eigenvalue weighted by Crippen LogP contribution is 2.39. The van der Waals surface area contributed by atoms with Crippen LogP contribution in [0.25, 0.3) is 0 Å². The van der Waals surface area contributed by atoms with Crippen LogP contribution in [0.5, 0.6) is 11.5 Å². The molecule has 36 heavy (non-hydrogen) atoms. The molecular formula is C30H30FNO4. The molecule has 0 radical (unpaired) electrons. The first-order valence-electron chi connectivity index (χ1n) is 12.1. The molecule has 1 heterocycles. The van der Waals surface area contributed by atoms with Crippen LogP contribution in [0.1, 0.15) is 41.1 Å². The minimum absolute atomic E-state index is 0.198. The Morgan fingerprint density at radius 2 is 1.42 bits per heavy atom. The summed E-state index contributed by atoms with van der Waals surface area (Å²) in [4.78, 5) is 2.24. The van der Waals surface area contributed by atoms with Gasteiger partial charge in [-0.2, -0.15) is 0 Å². The molecule has 0 bridgehead atoms. The second-order valence-corrected chi connectivity index (χ2v) is 9.16. The third-order valence-electron chi connectivity index (χ3n) is 6.79. The van der Waals surface area contributed by atoms with Crippen LogP contribution in [0.4, 0.5) is 4.39 Å². The highest BCUT2D eigenvalue weighted by Gasteiger charge is 2.38. The van der Waals surface area contributed by atoms with Crippen LogP contribution in [-0.4, -0.2) is 30.3 Å². The quantitative estimate of drug-likeness (QED) is 0.303. The second-order valence-electron chi connectivity index (χ2n) is 9.16. The summed E-state index contributed by atoms with van der Waals surface area (Å²) in [5.41, 5.74) is 0.455. The fourth-order valence-electron chi connectivity index (χ4n) is 4.57. The van der Waals surface area contributed by atoms with Crippen LogP contribution in [0.15, 0.2) is 89.3 Å². The number of halogens is 1. The van der Waals surface area contributed by atoms with Crippen molar-refractivity contribution in [2.45, 2.75) is 37.6 Å². The average molecular weight is 488 g/mol. The van der Waals surface area contributed by atoms with Crippen LogP contribution in [-0.2, 0) is 18.7 Å². The van der Waals surface area contributed by atoms with Gasteiger partial charge in [-0.25, -0.2) is 4.39 Å². The molecule has 0 atom stereocenters. The number of aliphatic hydroxyl groups is 1. The number of rotatable bonds is 10. The van der Waals surface area contributed by atoms with E-state index in [0.717, 1.165) is 12.8 Å². The van der Waals surface area contributed by atoms with Crippen molar-refractivity contribution >= 4 is 0 Å². The third kappa shape index (κ3) is 4.87. The molecule has 0 spiro atoms. The summed E-state index contributed by atoms with van der Waals surface area (Å²) in [5, 5.41) is 12.2. The van der Waals surface area contributed by atoms with Crippen molar-refractivity contribution in [3.8, 4) is 11.5 Å². The molecule has 4 aromatic rings. The number of nitrogens with zero attached hydrogens (tertiary/aromatic N) is 1. The molecule has 0 aliphatic heterocycles. The zero-order valence-electron chi connectivity index (χ0n) is 20.5. The highest BCUT2D eigenvalue weighted by molar-refractivity contribution is 5.46. The Labute approximate surface area is 210 Å². The van der Waals surface area contributed by atoms with Crippen molar-refractivity contribution in [2.75, 3.05) is 14.2 Å². The van der Waals surface area contributed by atoms with Gasteiger partial charge in [-0.05, 0) is 66.4 Å². The third-order valence-corrected chi connectivity index (χ3v) is 6.79. The van der Waals surface area contributed by atoms with E-state index in [0.29, 0.717) is 58.8 Å². The molecular weight excluding hydrogens is 457 g/mol. The summed E-state index contributed by atoms with van der Waals surface area (Å²) in [5.74, 6) is 2.33. The van der Waals surface area contributed by atoms with Crippen molar-refractivity contribution in [1.82, 2.24) is 4.90 Å². The fraction of sp³-hybridized carbons (Fsp3) is 0.267. The second kappa shape index (κ2) is 10.2. The topological polar surface area (TPSA) is 55.1 Å². The van der Waals surface area contributed by atoms with E-state index >= 15 is 0 Å². The van der Waals surface area contributed by atoms with Crippen molar-refractivity contribution < 1.29 is 23.4 Å². The monoisotopic (exact) mass is 487 g/mol. The fourth-order valence-corrected chi connectivity index (χ4v) is 4.57. The molecule has 0 amide bonds. The molecule has 5 nitrogen and oxygen atoms in total. The Bertz CT molecular complexity index is 1250. The summed E-state index contributed by atoms with van der Waals surface area (Å²) in [6, 6.07) is 25.6. The smallest absolute Gasteiger partial charge is 0.173 e. The molecule has 1 N–H and O–H groups in total. The molecule has 0 saturated heterocycles. The van der Waals surface area contributed by atoms with E-state index in [2.05, 4.69) is 4.90 Å². The van der Waals surface area contributed by atoms with Crippen molar-refractivity contribution in [1.29, 1.82) is 0 Å². The molecule has 1 aromatic heterocycles. The zero-order valence-corrected chi connectivity index (χ0v) is 20.5. The first-order chi connectivity index (χ1) is 17.5. The Morgan fingerprint density at radius 3 is 1.94 bits per heavy atom. The van der Waals surface area contributed by atoms with E-state index in [9.17, 15) is 9.50 Å². The number of ether oxygens (including phenoxy) is 2. The molecule has 1 aliphatic carbocycles. The SMILES string of the molecule is COc1ccc(C(O)(c2ccc(OC)cc2)c2ccc(CN(Cc3ccccc3F)C3CC3)o2)cc1. The Hall–Kier alpha value is -3.61. The van der Waals surface area contributed by atoms with Gasteiger partial charge in [0.2, 0.25) is 0 Å². The van der Waals surface area contributed by atoms with E-state index in [4.69, 9.17) is 13.9 Å². The van der Waals surface area contributed by atoms with E-state index in [1.165, 1.54) is 6.07 Å². The number of hydrogen-bond acceptors (Lipinski definition) is 5. The van der Waals surface area contributed by atoms with Crippen LogP contribution < -0.4 is 9.47 Å². The first-order valence-corrected chi connectivity index (χ1v) is 12.1. The van der Waals surface area contributed by atoms with Crippen LogP contribution in [0.2, 0.25) is 0 Å². The van der Waals surface area contributed by atoms with E-state index in [1.54, 1.807) is 20.3 Å². The van der Waals surface area contributed by atoms with Crippen LogP contribution in [0, 0.1) is 5.82 Å². The normalized spacial score (nSPS) is 13.7. The summed E-state index contributed by atoms with van der Waals surface area (Å²) in [6.45, 7) is 1.04. The van der Waals surface area contributed by atoms with Gasteiger partial charge in [-0.1, -0.05) is 42.5 Å². The number of methoxy groups -OCH3 is 2. The standard InChI is InChI=1S/C30H30FNO4/c1-34-25-13-7-22(8-14-25)30(33,23-9-15-26(35-2)16-10-23)29-18-17-27(36-29)20-32(24-11-12-24)19-21-5-3-4-6-28(21)31/h3-10,13-18,24,33H,11-12,19-20H2,1-2H3.